The Bertz CT molecular complexity index is 1070. The number of nitrogens with one attached hydrogen (secondary N) is 1. The van der Waals surface area contributed by atoms with E-state index in [2.05, 4.69) is 36.2 Å². The Balaban J connectivity index is 1.56. The van der Waals surface area contributed by atoms with Gasteiger partial charge in [-0.15, -0.1) is 0 Å². The molecule has 2 fully saturated rings. The van der Waals surface area contributed by atoms with Gasteiger partial charge >= 0.3 is 0 Å². The molecule has 2 N–H and O–H groups in total. The van der Waals surface area contributed by atoms with E-state index in [9.17, 15) is 5.11 Å². The van der Waals surface area contributed by atoms with Gasteiger partial charge in [-0.2, -0.15) is 0 Å². The number of hydrogen-bond acceptors (Lipinski definition) is 6. The number of phenols is 1. The molecule has 8 heteroatoms. The zero-order chi connectivity index (χ0) is 21.5. The number of rotatable bonds is 4. The summed E-state index contributed by atoms with van der Waals surface area (Å²) >= 11 is 6.44. The van der Waals surface area contributed by atoms with Crippen molar-refractivity contribution >= 4 is 28.5 Å². The molecule has 164 valence electrons. The third kappa shape index (κ3) is 3.75. The van der Waals surface area contributed by atoms with Crippen LogP contribution in [0.25, 0.3) is 22.4 Å². The molecule has 2 saturated heterocycles. The first-order chi connectivity index (χ1) is 15.0. The molecule has 3 atom stereocenters. The molecule has 1 aromatic carbocycles. The average molecular weight is 442 g/mol. The Hall–Kier alpha value is -2.35. The van der Waals surface area contributed by atoms with Gasteiger partial charge in [0.15, 0.2) is 0 Å². The minimum Gasteiger partial charge on any atom is -0.506 e. The summed E-state index contributed by atoms with van der Waals surface area (Å²) in [5.74, 6) is 1.88. The molecule has 2 aromatic heterocycles. The van der Waals surface area contributed by atoms with Crippen LogP contribution in [0.15, 0.2) is 30.5 Å². The molecule has 2 aliphatic heterocycles. The normalized spacial score (nSPS) is 24.2. The lowest BCUT2D eigenvalue weighted by Crippen LogP contribution is -2.40. The maximum absolute atomic E-state index is 10.6. The number of hydrogen-bond donors (Lipinski definition) is 2. The number of ether oxygens (including phenoxy) is 1. The van der Waals surface area contributed by atoms with Gasteiger partial charge in [0.1, 0.15) is 28.4 Å². The number of aromatic nitrogens is 3. The Morgan fingerprint density at radius 2 is 2.00 bits per heavy atom. The average Bonchev–Trinajstić information content (AvgIpc) is 3.32. The lowest BCUT2D eigenvalue weighted by molar-refractivity contribution is 0.0191. The molecular weight excluding hydrogens is 414 g/mol. The van der Waals surface area contributed by atoms with Crippen LogP contribution in [0.3, 0.4) is 0 Å². The van der Waals surface area contributed by atoms with E-state index in [-0.39, 0.29) is 11.9 Å². The van der Waals surface area contributed by atoms with E-state index in [4.69, 9.17) is 26.3 Å². The molecule has 2 aliphatic rings. The van der Waals surface area contributed by atoms with Crippen molar-refractivity contribution in [2.24, 2.45) is 0 Å². The summed E-state index contributed by atoms with van der Waals surface area (Å²) in [5, 5.41) is 14.5. The summed E-state index contributed by atoms with van der Waals surface area (Å²) in [6, 6.07) is 8.40. The second kappa shape index (κ2) is 8.30. The van der Waals surface area contributed by atoms with E-state index >= 15 is 0 Å². The summed E-state index contributed by atoms with van der Waals surface area (Å²) < 4.78 is 7.93. The SMILES string of the molecule is C[C@H]1CC[C@H](C)N1c1ccc(-c2nc3c(Cl)ccc(O)c3n2C[C@@H]2CNCCO2)cn1. The van der Waals surface area contributed by atoms with Crippen molar-refractivity contribution in [1.29, 1.82) is 0 Å². The van der Waals surface area contributed by atoms with Gasteiger partial charge < -0.3 is 24.6 Å². The van der Waals surface area contributed by atoms with Crippen LogP contribution in [-0.2, 0) is 11.3 Å². The number of pyridine rings is 1. The van der Waals surface area contributed by atoms with E-state index in [1.807, 2.05) is 10.8 Å². The van der Waals surface area contributed by atoms with Crippen molar-refractivity contribution in [1.82, 2.24) is 19.9 Å². The number of nitrogens with zero attached hydrogens (tertiary/aromatic N) is 4. The quantitative estimate of drug-likeness (QED) is 0.641. The maximum Gasteiger partial charge on any atom is 0.142 e. The van der Waals surface area contributed by atoms with Crippen LogP contribution in [0.1, 0.15) is 26.7 Å². The van der Waals surface area contributed by atoms with Gasteiger partial charge in [-0.25, -0.2) is 9.97 Å². The van der Waals surface area contributed by atoms with Gasteiger partial charge in [-0.3, -0.25) is 0 Å². The zero-order valence-corrected chi connectivity index (χ0v) is 18.6. The Labute approximate surface area is 187 Å². The van der Waals surface area contributed by atoms with E-state index in [1.54, 1.807) is 12.1 Å². The van der Waals surface area contributed by atoms with Crippen LogP contribution >= 0.6 is 11.6 Å². The van der Waals surface area contributed by atoms with Gasteiger partial charge in [0, 0.05) is 36.9 Å². The first kappa shape index (κ1) is 20.5. The van der Waals surface area contributed by atoms with Crippen LogP contribution in [0.2, 0.25) is 5.02 Å². The van der Waals surface area contributed by atoms with Crippen molar-refractivity contribution < 1.29 is 9.84 Å². The lowest BCUT2D eigenvalue weighted by Gasteiger charge is -2.27. The fourth-order valence-corrected chi connectivity index (χ4v) is 5.04. The van der Waals surface area contributed by atoms with Crippen molar-refractivity contribution in [3.05, 3.63) is 35.5 Å². The maximum atomic E-state index is 10.6. The van der Waals surface area contributed by atoms with Crippen molar-refractivity contribution in [3.8, 4) is 17.1 Å². The third-order valence-electron chi connectivity index (χ3n) is 6.44. The molecule has 0 spiro atoms. The molecule has 5 rings (SSSR count). The number of anilines is 1. The molecule has 0 bridgehead atoms. The molecule has 0 amide bonds. The van der Waals surface area contributed by atoms with E-state index in [0.717, 1.165) is 30.3 Å². The zero-order valence-electron chi connectivity index (χ0n) is 17.9. The van der Waals surface area contributed by atoms with Crippen molar-refractivity contribution in [2.45, 2.75) is 51.4 Å². The summed E-state index contributed by atoms with van der Waals surface area (Å²) in [4.78, 5) is 12.0. The number of aromatic hydroxyl groups is 1. The first-order valence-electron chi connectivity index (χ1n) is 11.0. The molecule has 4 heterocycles. The smallest absolute Gasteiger partial charge is 0.142 e. The minimum atomic E-state index is -0.0122. The van der Waals surface area contributed by atoms with Gasteiger partial charge in [0.05, 0.1) is 24.3 Å². The number of morpholine rings is 1. The summed E-state index contributed by atoms with van der Waals surface area (Å²) in [6.07, 6.45) is 4.23. The molecule has 0 aliphatic carbocycles. The molecule has 0 radical (unpaired) electrons. The van der Waals surface area contributed by atoms with Crippen LogP contribution in [0, 0.1) is 0 Å². The summed E-state index contributed by atoms with van der Waals surface area (Å²) in [7, 11) is 0. The molecular formula is C23H28ClN5O2. The molecule has 31 heavy (non-hydrogen) atoms. The highest BCUT2D eigenvalue weighted by Gasteiger charge is 2.28. The van der Waals surface area contributed by atoms with E-state index in [1.165, 1.54) is 12.8 Å². The predicted octanol–water partition coefficient (Wildman–Crippen LogP) is 3.82. The van der Waals surface area contributed by atoms with Gasteiger partial charge in [0.25, 0.3) is 0 Å². The lowest BCUT2D eigenvalue weighted by atomic mass is 10.2. The summed E-state index contributed by atoms with van der Waals surface area (Å²) in [6.45, 7) is 7.34. The molecule has 0 saturated carbocycles. The number of halogens is 1. The van der Waals surface area contributed by atoms with Gasteiger partial charge in [-0.1, -0.05) is 11.6 Å². The molecule has 7 nitrogen and oxygen atoms in total. The third-order valence-corrected chi connectivity index (χ3v) is 6.74. The van der Waals surface area contributed by atoms with Crippen molar-refractivity contribution in [2.75, 3.05) is 24.6 Å². The Morgan fingerprint density at radius 3 is 2.68 bits per heavy atom. The number of phenolic OH excluding ortho intramolecular Hbond substituents is 1. The first-order valence-corrected chi connectivity index (χ1v) is 11.4. The summed E-state index contributed by atoms with van der Waals surface area (Å²) in [5.41, 5.74) is 2.10. The fraction of sp³-hybridized carbons (Fsp3) is 0.478. The second-order valence-electron chi connectivity index (χ2n) is 8.59. The van der Waals surface area contributed by atoms with E-state index in [0.29, 0.717) is 41.3 Å². The monoisotopic (exact) mass is 441 g/mol. The Morgan fingerprint density at radius 1 is 1.19 bits per heavy atom. The molecule has 3 aromatic rings. The Kier molecular flexibility index (Phi) is 5.50. The second-order valence-corrected chi connectivity index (χ2v) is 9.00. The van der Waals surface area contributed by atoms with E-state index < -0.39 is 0 Å². The largest absolute Gasteiger partial charge is 0.506 e. The highest BCUT2D eigenvalue weighted by atomic mass is 35.5. The minimum absolute atomic E-state index is 0.0122. The number of fused-ring (bicyclic) bond motifs is 1. The molecule has 0 unspecified atom stereocenters. The van der Waals surface area contributed by atoms with Crippen LogP contribution in [0.5, 0.6) is 5.75 Å². The van der Waals surface area contributed by atoms with Crippen LogP contribution < -0.4 is 10.2 Å². The standard InChI is InChI=1S/C23H28ClN5O2/c1-14-3-4-15(2)29(14)20-8-5-16(11-26-20)23-27-21-18(24)6-7-19(30)22(21)28(23)13-17-12-25-9-10-31-17/h5-8,11,14-15,17,25,30H,3-4,9-10,12-13H2,1-2H3/t14-,15-,17-/m0/s1. The van der Waals surface area contributed by atoms with Gasteiger partial charge in [0.2, 0.25) is 0 Å². The number of benzene rings is 1. The van der Waals surface area contributed by atoms with Crippen LogP contribution in [-0.4, -0.2) is 57.5 Å². The highest BCUT2D eigenvalue weighted by Crippen LogP contribution is 2.36. The number of imidazole rings is 1. The topological polar surface area (TPSA) is 75.4 Å². The van der Waals surface area contributed by atoms with Crippen LogP contribution in [0.4, 0.5) is 5.82 Å². The fourth-order valence-electron chi connectivity index (χ4n) is 4.85. The predicted molar refractivity (Wildman–Crippen MR) is 123 cm³/mol. The van der Waals surface area contributed by atoms with Gasteiger partial charge in [-0.05, 0) is 51.0 Å². The highest BCUT2D eigenvalue weighted by molar-refractivity contribution is 6.35. The van der Waals surface area contributed by atoms with Crippen molar-refractivity contribution in [3.63, 3.8) is 0 Å².